The molecule has 1 fully saturated rings. The number of hydrogen-bond donors (Lipinski definition) is 2. The van der Waals surface area contributed by atoms with Crippen LogP contribution in [0.4, 0.5) is 8.78 Å². The molecule has 1 aromatic heterocycles. The van der Waals surface area contributed by atoms with Crippen molar-refractivity contribution < 1.29 is 23.1 Å². The van der Waals surface area contributed by atoms with E-state index in [1.54, 1.807) is 48.4 Å². The monoisotopic (exact) mass is 472 g/mol. The summed E-state index contributed by atoms with van der Waals surface area (Å²) in [7, 11) is 1.78. The first-order chi connectivity index (χ1) is 15.9. The number of ether oxygens (including phenoxy) is 1. The van der Waals surface area contributed by atoms with Crippen LogP contribution < -0.4 is 15.4 Å². The summed E-state index contributed by atoms with van der Waals surface area (Å²) in [6, 6.07) is 9.60. The molecule has 172 valence electrons. The Labute approximate surface area is 193 Å². The van der Waals surface area contributed by atoms with Crippen LogP contribution in [0.25, 0.3) is 0 Å². The van der Waals surface area contributed by atoms with Crippen LogP contribution >= 0.6 is 11.8 Å². The molecule has 1 aliphatic heterocycles. The van der Waals surface area contributed by atoms with E-state index >= 15 is 0 Å². The number of carbonyl (C=O) groups excluding carboxylic acids is 2. The maximum Gasteiger partial charge on any atom is 0.271 e. The molecule has 10 heteroatoms. The number of hydrogen-bond acceptors (Lipinski definition) is 5. The van der Waals surface area contributed by atoms with Gasteiger partial charge >= 0.3 is 0 Å². The molecule has 2 amide bonds. The van der Waals surface area contributed by atoms with Crippen LogP contribution in [-0.4, -0.2) is 39.7 Å². The topological polar surface area (TPSA) is 85.2 Å². The maximum absolute atomic E-state index is 13.3. The maximum atomic E-state index is 13.3. The van der Waals surface area contributed by atoms with E-state index in [0.29, 0.717) is 24.4 Å². The Morgan fingerprint density at radius 1 is 1.21 bits per heavy atom. The second kappa shape index (κ2) is 10.0. The van der Waals surface area contributed by atoms with E-state index in [2.05, 4.69) is 15.6 Å². The minimum absolute atomic E-state index is 0.0532. The van der Waals surface area contributed by atoms with Gasteiger partial charge in [0.2, 0.25) is 5.91 Å². The number of amides is 2. The first-order valence-corrected chi connectivity index (χ1v) is 11.3. The SMILES string of the molecule is Cn1cnc(C(=O)NC[C@@H]2CCS[C@H](c3ccc(Oc4cc(F)cc(F)c4)cc3)C(=O)N2)c1. The minimum Gasteiger partial charge on any atom is -0.457 e. The highest BCUT2D eigenvalue weighted by Gasteiger charge is 2.27. The largest absolute Gasteiger partial charge is 0.457 e. The van der Waals surface area contributed by atoms with Crippen molar-refractivity contribution in [3.8, 4) is 11.5 Å². The smallest absolute Gasteiger partial charge is 0.271 e. The van der Waals surface area contributed by atoms with Crippen LogP contribution in [0.15, 0.2) is 55.0 Å². The highest BCUT2D eigenvalue weighted by molar-refractivity contribution is 8.00. The first kappa shape index (κ1) is 22.8. The van der Waals surface area contributed by atoms with Crippen LogP contribution in [0.3, 0.4) is 0 Å². The third-order valence-electron chi connectivity index (χ3n) is 5.04. The van der Waals surface area contributed by atoms with Crippen molar-refractivity contribution in [2.75, 3.05) is 12.3 Å². The summed E-state index contributed by atoms with van der Waals surface area (Å²) in [6.45, 7) is 0.311. The first-order valence-electron chi connectivity index (χ1n) is 10.3. The quantitative estimate of drug-likeness (QED) is 0.573. The summed E-state index contributed by atoms with van der Waals surface area (Å²) in [5.41, 5.74) is 1.11. The lowest BCUT2D eigenvalue weighted by Crippen LogP contribution is -2.43. The molecular weight excluding hydrogens is 450 g/mol. The number of thioether (sulfide) groups is 1. The molecule has 0 unspecified atom stereocenters. The van der Waals surface area contributed by atoms with E-state index in [1.807, 2.05) is 0 Å². The van der Waals surface area contributed by atoms with Gasteiger partial charge < -0.3 is 19.9 Å². The fraction of sp³-hybridized carbons (Fsp3) is 0.261. The Balaban J connectivity index is 1.34. The molecule has 0 radical (unpaired) electrons. The molecule has 7 nitrogen and oxygen atoms in total. The van der Waals surface area contributed by atoms with Crippen molar-refractivity contribution in [2.24, 2.45) is 7.05 Å². The van der Waals surface area contributed by atoms with E-state index in [9.17, 15) is 18.4 Å². The molecule has 1 saturated heterocycles. The molecule has 2 heterocycles. The molecule has 2 aromatic carbocycles. The van der Waals surface area contributed by atoms with E-state index in [-0.39, 0.29) is 23.6 Å². The number of nitrogens with one attached hydrogen (secondary N) is 2. The normalized spacial score (nSPS) is 18.3. The second-order valence-electron chi connectivity index (χ2n) is 7.66. The number of imidazole rings is 1. The Morgan fingerprint density at radius 3 is 2.61 bits per heavy atom. The van der Waals surface area contributed by atoms with Crippen LogP contribution in [0.1, 0.15) is 27.7 Å². The number of carbonyl (C=O) groups is 2. The lowest BCUT2D eigenvalue weighted by molar-refractivity contribution is -0.121. The Hall–Kier alpha value is -3.40. The standard InChI is InChI=1S/C23H22F2N4O3S/c1-29-12-20(27-13-29)22(30)26-11-17-6-7-33-21(23(31)28-17)14-2-4-18(5-3-14)32-19-9-15(24)8-16(25)10-19/h2-5,8-10,12-13,17,21H,6-7,11H2,1H3,(H,26,30)(H,28,31)/t17-,21+/m0/s1. The van der Waals surface area contributed by atoms with Crippen LogP contribution in [-0.2, 0) is 11.8 Å². The summed E-state index contributed by atoms with van der Waals surface area (Å²) in [6.07, 6.45) is 3.89. The third-order valence-corrected chi connectivity index (χ3v) is 6.33. The Morgan fingerprint density at radius 2 is 1.94 bits per heavy atom. The van der Waals surface area contributed by atoms with Crippen molar-refractivity contribution in [2.45, 2.75) is 17.7 Å². The summed E-state index contributed by atoms with van der Waals surface area (Å²) < 4.78 is 33.9. The Bertz CT molecular complexity index is 1130. The molecule has 0 bridgehead atoms. The minimum atomic E-state index is -0.723. The predicted octanol–water partition coefficient (Wildman–Crippen LogP) is 3.58. The van der Waals surface area contributed by atoms with Crippen molar-refractivity contribution in [1.29, 1.82) is 0 Å². The van der Waals surface area contributed by atoms with E-state index in [0.717, 1.165) is 29.5 Å². The fourth-order valence-corrected chi connectivity index (χ4v) is 4.65. The van der Waals surface area contributed by atoms with Crippen LogP contribution in [0.5, 0.6) is 11.5 Å². The Kier molecular flexibility index (Phi) is 6.93. The van der Waals surface area contributed by atoms with Gasteiger partial charge in [-0.2, -0.15) is 0 Å². The lowest BCUT2D eigenvalue weighted by atomic mass is 10.1. The number of aromatic nitrogens is 2. The van der Waals surface area contributed by atoms with Gasteiger partial charge in [-0.25, -0.2) is 13.8 Å². The zero-order valence-corrected chi connectivity index (χ0v) is 18.6. The van der Waals surface area contributed by atoms with Gasteiger partial charge in [0.15, 0.2) is 0 Å². The van der Waals surface area contributed by atoms with E-state index in [4.69, 9.17) is 4.74 Å². The van der Waals surface area contributed by atoms with Gasteiger partial charge in [0.05, 0.1) is 6.33 Å². The molecule has 4 rings (SSSR count). The van der Waals surface area contributed by atoms with Gasteiger partial charge in [-0.05, 0) is 29.9 Å². The van der Waals surface area contributed by atoms with Gasteiger partial charge in [0.25, 0.3) is 5.91 Å². The van der Waals surface area contributed by atoms with Gasteiger partial charge in [-0.3, -0.25) is 9.59 Å². The van der Waals surface area contributed by atoms with E-state index < -0.39 is 16.9 Å². The summed E-state index contributed by atoms with van der Waals surface area (Å²) in [5.74, 6) is -0.690. The third kappa shape index (κ3) is 5.89. The lowest BCUT2D eigenvalue weighted by Gasteiger charge is -2.18. The summed E-state index contributed by atoms with van der Waals surface area (Å²) >= 11 is 1.52. The van der Waals surface area contributed by atoms with Crippen molar-refractivity contribution >= 4 is 23.6 Å². The highest BCUT2D eigenvalue weighted by Crippen LogP contribution is 2.33. The zero-order chi connectivity index (χ0) is 23.4. The van der Waals surface area contributed by atoms with Gasteiger partial charge in [-0.15, -0.1) is 11.8 Å². The van der Waals surface area contributed by atoms with Crippen LogP contribution in [0.2, 0.25) is 0 Å². The molecule has 3 aromatic rings. The molecule has 0 aliphatic carbocycles. The molecule has 2 N–H and O–H groups in total. The number of aryl methyl sites for hydroxylation is 1. The molecule has 33 heavy (non-hydrogen) atoms. The van der Waals surface area contributed by atoms with Crippen molar-refractivity contribution in [3.63, 3.8) is 0 Å². The van der Waals surface area contributed by atoms with Gasteiger partial charge in [-0.1, -0.05) is 12.1 Å². The summed E-state index contributed by atoms with van der Waals surface area (Å²) in [5, 5.41) is 5.39. The highest BCUT2D eigenvalue weighted by atomic mass is 32.2. The molecule has 0 saturated carbocycles. The number of halogens is 2. The summed E-state index contributed by atoms with van der Waals surface area (Å²) in [4.78, 5) is 29.0. The van der Waals surface area contributed by atoms with E-state index in [1.165, 1.54) is 11.8 Å². The number of benzene rings is 2. The average molecular weight is 473 g/mol. The molecule has 0 spiro atoms. The molecule has 2 atom stereocenters. The van der Waals surface area contributed by atoms with Gasteiger partial charge in [0.1, 0.15) is 34.1 Å². The molecular formula is C23H22F2N4O3S. The van der Waals surface area contributed by atoms with Gasteiger partial charge in [0, 0.05) is 44.0 Å². The predicted molar refractivity (Wildman–Crippen MR) is 120 cm³/mol. The second-order valence-corrected chi connectivity index (χ2v) is 8.87. The zero-order valence-electron chi connectivity index (χ0n) is 17.8. The fourth-order valence-electron chi connectivity index (χ4n) is 3.42. The molecule has 1 aliphatic rings. The van der Waals surface area contributed by atoms with Crippen LogP contribution in [0, 0.1) is 11.6 Å². The van der Waals surface area contributed by atoms with Crippen molar-refractivity contribution in [1.82, 2.24) is 20.2 Å². The number of nitrogens with zero attached hydrogens (tertiary/aromatic N) is 2. The average Bonchev–Trinajstić information content (AvgIpc) is 3.12. The van der Waals surface area contributed by atoms with Crippen molar-refractivity contribution in [3.05, 3.63) is 77.9 Å². The number of rotatable bonds is 6.